The Morgan fingerprint density at radius 3 is 2.43 bits per heavy atom. The average Bonchev–Trinajstić information content (AvgIpc) is 1.61. The fourth-order valence-electron chi connectivity index (χ4n) is 0.565. The topological polar surface area (TPSA) is 35.2 Å². The Morgan fingerprint density at radius 1 is 1.86 bits per heavy atom. The smallest absolute Gasteiger partial charge is 0.121 e. The van der Waals surface area contributed by atoms with Crippen molar-refractivity contribution in [3.63, 3.8) is 0 Å². The zero-order valence-corrected chi connectivity index (χ0v) is 4.48. The molecule has 0 bridgehead atoms. The van der Waals surface area contributed by atoms with E-state index >= 15 is 0 Å². The van der Waals surface area contributed by atoms with Gasteiger partial charge in [0.2, 0.25) is 0 Å². The summed E-state index contributed by atoms with van der Waals surface area (Å²) >= 11 is 0. The molecule has 1 fully saturated rings. The molecule has 1 rings (SSSR count). The highest BCUT2D eigenvalue weighted by Crippen LogP contribution is 2.21. The Balaban J connectivity index is 2.29. The molecule has 1 aliphatic heterocycles. The van der Waals surface area contributed by atoms with Crippen molar-refractivity contribution < 1.29 is 4.74 Å². The lowest BCUT2D eigenvalue weighted by atomic mass is 10.0. The van der Waals surface area contributed by atoms with Crippen molar-refractivity contribution in [2.45, 2.75) is 19.1 Å². The summed E-state index contributed by atoms with van der Waals surface area (Å²) in [4.78, 5) is 0. The Hall–Kier alpha value is -0.0800. The molecule has 1 heterocycles. The van der Waals surface area contributed by atoms with E-state index in [9.17, 15) is 0 Å². The number of ether oxygens (including phenoxy) is 1. The minimum absolute atomic E-state index is 0.361. The Labute approximate surface area is 43.6 Å². The largest absolute Gasteiger partial charge is 0.360 e. The maximum atomic E-state index is 5.52. The van der Waals surface area contributed by atoms with Crippen LogP contribution >= 0.6 is 0 Å². The first kappa shape index (κ1) is 5.06. The quantitative estimate of drug-likeness (QED) is 0.514. The molecule has 0 aromatic heterocycles. The summed E-state index contributed by atoms with van der Waals surface area (Å²) in [7, 11) is 0. The fraction of sp³-hybridized carbons (Fsp3) is 0.800. The molecule has 1 atom stereocenters. The van der Waals surface area contributed by atoms with Gasteiger partial charge in [-0.2, -0.15) is 0 Å². The minimum atomic E-state index is -0.361. The summed E-state index contributed by atoms with van der Waals surface area (Å²) in [5.74, 6) is 0. The third-order valence-corrected chi connectivity index (χ3v) is 1.35. The van der Waals surface area contributed by atoms with Crippen molar-refractivity contribution in [2.24, 2.45) is 5.73 Å². The normalized spacial score (nSPS) is 40.3. The van der Waals surface area contributed by atoms with E-state index < -0.39 is 0 Å². The molecule has 0 saturated carbocycles. The van der Waals surface area contributed by atoms with Crippen LogP contribution in [0.5, 0.6) is 0 Å². The second-order valence-corrected chi connectivity index (χ2v) is 1.84. The summed E-state index contributed by atoms with van der Waals surface area (Å²) in [6.45, 7) is 2.74. The Morgan fingerprint density at radius 2 is 2.43 bits per heavy atom. The van der Waals surface area contributed by atoms with Gasteiger partial charge in [-0.05, 0) is 0 Å². The van der Waals surface area contributed by atoms with E-state index in [0.29, 0.717) is 0 Å². The summed E-state index contributed by atoms with van der Waals surface area (Å²) < 4.78 is 4.99. The molecule has 0 spiro atoms. The van der Waals surface area contributed by atoms with Gasteiger partial charge in [0.05, 0.1) is 6.61 Å². The van der Waals surface area contributed by atoms with Gasteiger partial charge in [0.1, 0.15) is 5.72 Å². The van der Waals surface area contributed by atoms with Crippen molar-refractivity contribution in [3.8, 4) is 0 Å². The Bertz CT molecular complexity index is 63.0. The maximum Gasteiger partial charge on any atom is 0.121 e. The molecule has 1 unspecified atom stereocenters. The SMILES string of the molecule is C[CH]C1(N)CCO1. The summed E-state index contributed by atoms with van der Waals surface area (Å²) in [6, 6.07) is 0. The van der Waals surface area contributed by atoms with Crippen LogP contribution in [0.15, 0.2) is 0 Å². The van der Waals surface area contributed by atoms with E-state index in [1.165, 1.54) is 0 Å². The van der Waals surface area contributed by atoms with Crippen LogP contribution in [0.2, 0.25) is 0 Å². The van der Waals surface area contributed by atoms with Crippen LogP contribution < -0.4 is 5.73 Å². The van der Waals surface area contributed by atoms with E-state index in [4.69, 9.17) is 10.5 Å². The van der Waals surface area contributed by atoms with Crippen LogP contribution in [0.4, 0.5) is 0 Å². The summed E-state index contributed by atoms with van der Waals surface area (Å²) in [5, 5.41) is 0. The number of hydrogen-bond donors (Lipinski definition) is 1. The molecule has 1 saturated heterocycles. The van der Waals surface area contributed by atoms with Gasteiger partial charge < -0.3 is 10.5 Å². The van der Waals surface area contributed by atoms with Crippen LogP contribution in [0.3, 0.4) is 0 Å². The second kappa shape index (κ2) is 1.46. The van der Waals surface area contributed by atoms with Crippen LogP contribution in [0.1, 0.15) is 13.3 Å². The average molecular weight is 100 g/mol. The highest BCUT2D eigenvalue weighted by atomic mass is 16.5. The fourth-order valence-corrected chi connectivity index (χ4v) is 0.565. The molecule has 41 valence electrons. The summed E-state index contributed by atoms with van der Waals surface area (Å²) in [5.41, 5.74) is 5.16. The standard InChI is InChI=1S/C5H10NO/c1-2-5(6)3-4-7-5/h2H,3-4,6H2,1H3. The first-order valence-electron chi connectivity index (χ1n) is 2.50. The first-order chi connectivity index (χ1) is 3.27. The van der Waals surface area contributed by atoms with E-state index in [1.807, 2.05) is 13.3 Å². The first-order valence-corrected chi connectivity index (χ1v) is 2.50. The summed E-state index contributed by atoms with van der Waals surface area (Å²) in [6.07, 6.45) is 2.86. The second-order valence-electron chi connectivity index (χ2n) is 1.84. The minimum Gasteiger partial charge on any atom is -0.360 e. The molecular formula is C5H10NO. The van der Waals surface area contributed by atoms with Crippen LogP contribution in [0.25, 0.3) is 0 Å². The lowest BCUT2D eigenvalue weighted by Crippen LogP contribution is -2.51. The molecule has 2 nitrogen and oxygen atoms in total. The van der Waals surface area contributed by atoms with Gasteiger partial charge in [0, 0.05) is 12.8 Å². The molecule has 2 heteroatoms. The van der Waals surface area contributed by atoms with Gasteiger partial charge in [-0.3, -0.25) is 0 Å². The number of nitrogens with two attached hydrogens (primary N) is 1. The lowest BCUT2D eigenvalue weighted by molar-refractivity contribution is -0.118. The highest BCUT2D eigenvalue weighted by molar-refractivity contribution is 4.91. The molecule has 0 aromatic carbocycles. The van der Waals surface area contributed by atoms with Crippen molar-refractivity contribution in [1.29, 1.82) is 0 Å². The van der Waals surface area contributed by atoms with Gasteiger partial charge in [0.15, 0.2) is 0 Å². The van der Waals surface area contributed by atoms with Crippen molar-refractivity contribution in [3.05, 3.63) is 6.42 Å². The molecular weight excluding hydrogens is 90.1 g/mol. The van der Waals surface area contributed by atoms with E-state index in [0.717, 1.165) is 13.0 Å². The molecule has 1 aliphatic rings. The van der Waals surface area contributed by atoms with Crippen molar-refractivity contribution in [1.82, 2.24) is 0 Å². The van der Waals surface area contributed by atoms with Crippen molar-refractivity contribution in [2.75, 3.05) is 6.61 Å². The third-order valence-electron chi connectivity index (χ3n) is 1.35. The molecule has 0 amide bonds. The van der Waals surface area contributed by atoms with E-state index in [-0.39, 0.29) is 5.72 Å². The zero-order chi connectivity index (χ0) is 5.33. The predicted molar refractivity (Wildman–Crippen MR) is 27.5 cm³/mol. The predicted octanol–water partition coefficient (Wildman–Crippen LogP) is 0.286. The number of rotatable bonds is 1. The van der Waals surface area contributed by atoms with Gasteiger partial charge >= 0.3 is 0 Å². The molecule has 0 aromatic rings. The zero-order valence-electron chi connectivity index (χ0n) is 4.48. The highest BCUT2D eigenvalue weighted by Gasteiger charge is 2.31. The molecule has 7 heavy (non-hydrogen) atoms. The van der Waals surface area contributed by atoms with Gasteiger partial charge in [-0.15, -0.1) is 0 Å². The lowest BCUT2D eigenvalue weighted by Gasteiger charge is -2.36. The molecule has 0 aliphatic carbocycles. The monoisotopic (exact) mass is 100 g/mol. The van der Waals surface area contributed by atoms with Gasteiger partial charge in [-0.1, -0.05) is 6.92 Å². The maximum absolute atomic E-state index is 5.52. The molecule has 1 radical (unpaired) electrons. The third kappa shape index (κ3) is 0.763. The van der Waals surface area contributed by atoms with E-state index in [1.54, 1.807) is 0 Å². The van der Waals surface area contributed by atoms with Gasteiger partial charge in [0.25, 0.3) is 0 Å². The van der Waals surface area contributed by atoms with Crippen LogP contribution in [0, 0.1) is 6.42 Å². The Kier molecular flexibility index (Phi) is 1.05. The molecule has 2 N–H and O–H groups in total. The van der Waals surface area contributed by atoms with Gasteiger partial charge in [-0.25, -0.2) is 0 Å². The van der Waals surface area contributed by atoms with Crippen LogP contribution in [-0.4, -0.2) is 12.3 Å². The number of hydrogen-bond acceptors (Lipinski definition) is 2. The van der Waals surface area contributed by atoms with Crippen molar-refractivity contribution >= 4 is 0 Å². The van der Waals surface area contributed by atoms with Crippen LogP contribution in [-0.2, 0) is 4.74 Å². The van der Waals surface area contributed by atoms with E-state index in [2.05, 4.69) is 0 Å².